The Morgan fingerprint density at radius 3 is 2.40 bits per heavy atom. The van der Waals surface area contributed by atoms with Gasteiger partial charge >= 0.3 is 0 Å². The van der Waals surface area contributed by atoms with Gasteiger partial charge in [0, 0.05) is 19.1 Å². The highest BCUT2D eigenvalue weighted by molar-refractivity contribution is 7.91. The summed E-state index contributed by atoms with van der Waals surface area (Å²) in [6.45, 7) is 4.50. The van der Waals surface area contributed by atoms with Crippen LogP contribution in [0.5, 0.6) is 0 Å². The van der Waals surface area contributed by atoms with E-state index in [-0.39, 0.29) is 6.04 Å². The van der Waals surface area contributed by atoms with E-state index in [2.05, 4.69) is 10.2 Å². The fourth-order valence-electron chi connectivity index (χ4n) is 4.26. The zero-order valence-electron chi connectivity index (χ0n) is 12.4. The van der Waals surface area contributed by atoms with Crippen LogP contribution in [0.25, 0.3) is 0 Å². The quantitative estimate of drug-likeness (QED) is 0.853. The lowest BCUT2D eigenvalue weighted by Gasteiger charge is -2.39. The minimum Gasteiger partial charge on any atom is -0.312 e. The third kappa shape index (κ3) is 3.55. The number of nitrogens with zero attached hydrogens (tertiary/aromatic N) is 1. The van der Waals surface area contributed by atoms with Crippen molar-refractivity contribution in [2.24, 2.45) is 5.41 Å². The molecule has 1 unspecified atom stereocenters. The first-order chi connectivity index (χ1) is 9.57. The fraction of sp³-hybridized carbons (Fsp3) is 1.00. The molecular weight excluding hydrogens is 272 g/mol. The van der Waals surface area contributed by atoms with Crippen molar-refractivity contribution in [1.29, 1.82) is 0 Å². The summed E-state index contributed by atoms with van der Waals surface area (Å²) in [5.41, 5.74) is 0.698. The second-order valence-corrected chi connectivity index (χ2v) is 9.33. The van der Waals surface area contributed by atoms with Crippen LogP contribution in [0.2, 0.25) is 0 Å². The van der Waals surface area contributed by atoms with Crippen LogP contribution < -0.4 is 5.32 Å². The monoisotopic (exact) mass is 300 g/mol. The van der Waals surface area contributed by atoms with Gasteiger partial charge < -0.3 is 10.2 Å². The Morgan fingerprint density at radius 1 is 1.10 bits per heavy atom. The number of rotatable bonds is 4. The van der Waals surface area contributed by atoms with Gasteiger partial charge in [0.1, 0.15) is 0 Å². The van der Waals surface area contributed by atoms with Crippen LogP contribution in [-0.4, -0.2) is 57.0 Å². The van der Waals surface area contributed by atoms with E-state index in [1.165, 1.54) is 51.6 Å². The highest BCUT2D eigenvalue weighted by Crippen LogP contribution is 2.45. The lowest BCUT2D eigenvalue weighted by Crippen LogP contribution is -2.43. The predicted molar refractivity (Wildman–Crippen MR) is 81.6 cm³/mol. The van der Waals surface area contributed by atoms with Crippen LogP contribution in [0.1, 0.15) is 44.9 Å². The Kier molecular flexibility index (Phi) is 4.39. The maximum Gasteiger partial charge on any atom is 0.151 e. The minimum atomic E-state index is -2.74. The van der Waals surface area contributed by atoms with E-state index in [1.807, 2.05) is 0 Å². The van der Waals surface area contributed by atoms with E-state index in [0.717, 1.165) is 19.5 Å². The maximum absolute atomic E-state index is 11.4. The van der Waals surface area contributed by atoms with Crippen molar-refractivity contribution in [2.75, 3.05) is 37.7 Å². The Bertz CT molecular complexity index is 419. The molecule has 1 spiro atoms. The highest BCUT2D eigenvalue weighted by Gasteiger charge is 2.36. The molecule has 3 aliphatic rings. The van der Waals surface area contributed by atoms with Crippen molar-refractivity contribution >= 4 is 9.84 Å². The number of hydrogen-bond acceptors (Lipinski definition) is 4. The molecule has 1 N–H and O–H groups in total. The zero-order valence-corrected chi connectivity index (χ0v) is 13.3. The molecule has 0 amide bonds. The van der Waals surface area contributed by atoms with Gasteiger partial charge in [0.2, 0.25) is 0 Å². The second-order valence-electron chi connectivity index (χ2n) is 7.10. The van der Waals surface area contributed by atoms with Crippen molar-refractivity contribution in [3.63, 3.8) is 0 Å². The Morgan fingerprint density at radius 2 is 1.80 bits per heavy atom. The molecule has 1 aliphatic carbocycles. The largest absolute Gasteiger partial charge is 0.312 e. The summed E-state index contributed by atoms with van der Waals surface area (Å²) in [5.74, 6) is 0.715. The standard InChI is InChI=1S/C15H28N2O2S/c18-20(19)12-3-14(13-20)16-8-11-17-9-6-15(7-10-17)4-1-2-5-15/h14,16H,1-13H2. The van der Waals surface area contributed by atoms with Crippen molar-refractivity contribution in [2.45, 2.75) is 51.0 Å². The zero-order chi connectivity index (χ0) is 14.1. The van der Waals surface area contributed by atoms with Gasteiger partial charge in [-0.05, 0) is 50.6 Å². The van der Waals surface area contributed by atoms with E-state index in [4.69, 9.17) is 0 Å². The maximum atomic E-state index is 11.4. The van der Waals surface area contributed by atoms with Gasteiger partial charge in [-0.1, -0.05) is 12.8 Å². The number of likely N-dealkylation sites (tertiary alicyclic amines) is 1. The molecule has 2 heterocycles. The lowest BCUT2D eigenvalue weighted by atomic mass is 9.77. The van der Waals surface area contributed by atoms with E-state index < -0.39 is 9.84 Å². The first-order valence-corrected chi connectivity index (χ1v) is 10.1. The van der Waals surface area contributed by atoms with E-state index in [1.54, 1.807) is 0 Å². The van der Waals surface area contributed by atoms with Crippen molar-refractivity contribution in [3.8, 4) is 0 Å². The molecule has 116 valence electrons. The van der Waals surface area contributed by atoms with E-state index >= 15 is 0 Å². The van der Waals surface area contributed by atoms with Gasteiger partial charge in [-0.15, -0.1) is 0 Å². The summed E-state index contributed by atoms with van der Waals surface area (Å²) < 4.78 is 22.8. The molecule has 2 saturated heterocycles. The molecule has 20 heavy (non-hydrogen) atoms. The molecule has 1 atom stereocenters. The molecule has 0 aromatic heterocycles. The summed E-state index contributed by atoms with van der Waals surface area (Å²) >= 11 is 0. The highest BCUT2D eigenvalue weighted by atomic mass is 32.2. The average molecular weight is 300 g/mol. The van der Waals surface area contributed by atoms with Crippen LogP contribution in [0.15, 0.2) is 0 Å². The van der Waals surface area contributed by atoms with E-state index in [0.29, 0.717) is 16.9 Å². The topological polar surface area (TPSA) is 49.4 Å². The molecule has 2 aliphatic heterocycles. The van der Waals surface area contributed by atoms with Gasteiger partial charge in [-0.2, -0.15) is 0 Å². The van der Waals surface area contributed by atoms with Gasteiger partial charge in [-0.25, -0.2) is 8.42 Å². The predicted octanol–water partition coefficient (Wildman–Crippen LogP) is 1.42. The third-order valence-electron chi connectivity index (χ3n) is 5.67. The summed E-state index contributed by atoms with van der Waals surface area (Å²) in [6, 6.07) is 0.200. The van der Waals surface area contributed by atoms with Crippen LogP contribution in [0, 0.1) is 5.41 Å². The third-order valence-corrected chi connectivity index (χ3v) is 7.44. The average Bonchev–Trinajstić information content (AvgIpc) is 3.00. The molecule has 0 aromatic rings. The molecular formula is C15H28N2O2S. The van der Waals surface area contributed by atoms with Gasteiger partial charge in [0.05, 0.1) is 11.5 Å². The molecule has 3 rings (SSSR count). The molecule has 4 nitrogen and oxygen atoms in total. The molecule has 0 aromatic carbocycles. The van der Waals surface area contributed by atoms with Crippen LogP contribution in [0.3, 0.4) is 0 Å². The summed E-state index contributed by atoms with van der Waals surface area (Å²) in [6.07, 6.45) is 9.36. The van der Waals surface area contributed by atoms with E-state index in [9.17, 15) is 8.42 Å². The Balaban J connectivity index is 1.34. The second kappa shape index (κ2) is 5.93. The number of nitrogens with one attached hydrogen (secondary N) is 1. The smallest absolute Gasteiger partial charge is 0.151 e. The lowest BCUT2D eigenvalue weighted by molar-refractivity contribution is 0.109. The minimum absolute atomic E-state index is 0.200. The molecule has 0 bridgehead atoms. The fourth-order valence-corrected chi connectivity index (χ4v) is 5.97. The summed E-state index contributed by atoms with van der Waals surface area (Å²) in [5, 5.41) is 3.42. The van der Waals surface area contributed by atoms with Crippen LogP contribution >= 0.6 is 0 Å². The summed E-state index contributed by atoms with van der Waals surface area (Å²) in [7, 11) is -2.74. The number of sulfone groups is 1. The van der Waals surface area contributed by atoms with Crippen LogP contribution in [-0.2, 0) is 9.84 Å². The van der Waals surface area contributed by atoms with Crippen molar-refractivity contribution in [3.05, 3.63) is 0 Å². The van der Waals surface area contributed by atoms with Gasteiger partial charge in [-0.3, -0.25) is 0 Å². The molecule has 3 fully saturated rings. The first kappa shape index (κ1) is 14.8. The Hall–Kier alpha value is -0.130. The van der Waals surface area contributed by atoms with Crippen molar-refractivity contribution < 1.29 is 8.42 Å². The SMILES string of the molecule is O=S1(=O)CCC(NCCN2CCC3(CCCC3)CC2)C1. The molecule has 5 heteroatoms. The number of piperidine rings is 1. The molecule has 0 radical (unpaired) electrons. The van der Waals surface area contributed by atoms with Gasteiger partial charge in [0.15, 0.2) is 9.84 Å². The van der Waals surface area contributed by atoms with Crippen LogP contribution in [0.4, 0.5) is 0 Å². The van der Waals surface area contributed by atoms with Gasteiger partial charge in [0.25, 0.3) is 0 Å². The van der Waals surface area contributed by atoms with Crippen molar-refractivity contribution in [1.82, 2.24) is 10.2 Å². The Labute approximate surface area is 123 Å². The molecule has 1 saturated carbocycles. The normalized spacial score (nSPS) is 32.9. The number of hydrogen-bond donors (Lipinski definition) is 1. The summed E-state index contributed by atoms with van der Waals surface area (Å²) in [4.78, 5) is 2.56. The first-order valence-electron chi connectivity index (χ1n) is 8.23.